The Bertz CT molecular complexity index is 383. The summed E-state index contributed by atoms with van der Waals surface area (Å²) in [5.74, 6) is -0.412. The second kappa shape index (κ2) is 4.55. The molecule has 0 fully saturated rings. The molecule has 0 saturated heterocycles. The highest BCUT2D eigenvalue weighted by Gasteiger charge is 2.32. The Balaban J connectivity index is 3.13. The third kappa shape index (κ3) is 3.25. The van der Waals surface area contributed by atoms with Crippen molar-refractivity contribution in [3.05, 3.63) is 29.3 Å². The van der Waals surface area contributed by atoms with E-state index >= 15 is 0 Å². The number of carbonyl (C=O) groups excluding carboxylic acids is 1. The van der Waals surface area contributed by atoms with Gasteiger partial charge in [-0.15, -0.1) is 13.2 Å². The molecule has 0 aliphatic rings. The number of benzene rings is 1. The number of carbonyl (C=O) groups is 1. The maximum Gasteiger partial charge on any atom is 0.573 e. The van der Waals surface area contributed by atoms with E-state index in [-0.39, 0.29) is 11.7 Å². The molecule has 1 rings (SSSR count). The molecule has 2 nitrogen and oxygen atoms in total. The summed E-state index contributed by atoms with van der Waals surface area (Å²) in [5, 5.41) is 0. The van der Waals surface area contributed by atoms with Gasteiger partial charge in [0, 0.05) is 5.56 Å². The largest absolute Gasteiger partial charge is 0.573 e. The fourth-order valence-corrected chi connectivity index (χ4v) is 1.31. The number of hydrogen-bond acceptors (Lipinski definition) is 2. The van der Waals surface area contributed by atoms with Crippen molar-refractivity contribution >= 4 is 6.29 Å². The Morgan fingerprint density at radius 1 is 1.31 bits per heavy atom. The van der Waals surface area contributed by atoms with E-state index in [1.165, 1.54) is 12.1 Å². The van der Waals surface area contributed by atoms with E-state index in [4.69, 9.17) is 0 Å². The van der Waals surface area contributed by atoms with E-state index in [1.807, 2.05) is 0 Å². The second-order valence-electron chi connectivity index (χ2n) is 3.62. The van der Waals surface area contributed by atoms with Crippen molar-refractivity contribution in [2.75, 3.05) is 0 Å². The molecule has 0 heterocycles. The van der Waals surface area contributed by atoms with Gasteiger partial charge in [0.15, 0.2) is 0 Å². The molecule has 0 atom stereocenters. The number of ether oxygens (including phenoxy) is 1. The third-order valence-electron chi connectivity index (χ3n) is 2.02. The Morgan fingerprint density at radius 2 is 1.94 bits per heavy atom. The zero-order chi connectivity index (χ0) is 12.3. The first-order chi connectivity index (χ1) is 7.33. The molecule has 0 radical (unpaired) electrons. The van der Waals surface area contributed by atoms with E-state index in [9.17, 15) is 18.0 Å². The average molecular weight is 232 g/mol. The lowest BCUT2D eigenvalue weighted by atomic mass is 10.00. The molecule has 0 aromatic heterocycles. The van der Waals surface area contributed by atoms with Gasteiger partial charge in [0.2, 0.25) is 0 Å². The Kier molecular flexibility index (Phi) is 3.57. The molecule has 0 amide bonds. The molecule has 0 spiro atoms. The van der Waals surface area contributed by atoms with E-state index < -0.39 is 6.36 Å². The van der Waals surface area contributed by atoms with Crippen LogP contribution >= 0.6 is 0 Å². The van der Waals surface area contributed by atoms with Crippen LogP contribution in [0.3, 0.4) is 0 Å². The van der Waals surface area contributed by atoms with Crippen LogP contribution in [-0.2, 0) is 0 Å². The molecule has 1 aromatic rings. The van der Waals surface area contributed by atoms with Crippen molar-refractivity contribution < 1.29 is 22.7 Å². The Morgan fingerprint density at radius 3 is 2.38 bits per heavy atom. The number of halogens is 3. The fourth-order valence-electron chi connectivity index (χ4n) is 1.31. The van der Waals surface area contributed by atoms with Gasteiger partial charge >= 0.3 is 6.36 Å². The van der Waals surface area contributed by atoms with Crippen LogP contribution in [0.5, 0.6) is 5.75 Å². The highest BCUT2D eigenvalue weighted by molar-refractivity contribution is 5.75. The van der Waals surface area contributed by atoms with Crippen molar-refractivity contribution in [3.8, 4) is 5.75 Å². The normalized spacial score (nSPS) is 11.6. The van der Waals surface area contributed by atoms with Crippen molar-refractivity contribution in [1.82, 2.24) is 0 Å². The molecule has 1 aromatic carbocycles. The van der Waals surface area contributed by atoms with Gasteiger partial charge in [0.05, 0.1) is 0 Å². The summed E-state index contributed by atoms with van der Waals surface area (Å²) in [6.45, 7) is 3.46. The molecule has 0 bridgehead atoms. The topological polar surface area (TPSA) is 26.3 Å². The minimum atomic E-state index is -4.72. The van der Waals surface area contributed by atoms with Gasteiger partial charge in [0.1, 0.15) is 12.0 Å². The molecule has 88 valence electrons. The summed E-state index contributed by atoms with van der Waals surface area (Å²) < 4.78 is 40.1. The van der Waals surface area contributed by atoms with Crippen LogP contribution in [0.2, 0.25) is 0 Å². The molecule has 0 aliphatic carbocycles. The minimum Gasteiger partial charge on any atom is -0.405 e. The summed E-state index contributed by atoms with van der Waals surface area (Å²) in [4.78, 5) is 10.5. The highest BCUT2D eigenvalue weighted by Crippen LogP contribution is 2.31. The van der Waals surface area contributed by atoms with Crippen LogP contribution < -0.4 is 4.74 Å². The van der Waals surface area contributed by atoms with E-state index in [1.54, 1.807) is 13.8 Å². The van der Waals surface area contributed by atoms with Gasteiger partial charge < -0.3 is 4.74 Å². The van der Waals surface area contributed by atoms with Crippen LogP contribution in [-0.4, -0.2) is 12.6 Å². The molecular weight excluding hydrogens is 221 g/mol. The van der Waals surface area contributed by atoms with Crippen molar-refractivity contribution in [3.63, 3.8) is 0 Å². The van der Waals surface area contributed by atoms with Crippen LogP contribution in [0.15, 0.2) is 18.2 Å². The summed E-state index contributed by atoms with van der Waals surface area (Å²) in [7, 11) is 0. The fraction of sp³-hybridized carbons (Fsp3) is 0.364. The maximum atomic E-state index is 12.1. The molecule has 0 aliphatic heterocycles. The zero-order valence-electron chi connectivity index (χ0n) is 8.84. The standard InChI is InChI=1S/C11H11F3O2/c1-7(2)9-5-8(6-15)3-4-10(9)16-11(12,13)14/h3-7H,1-2H3. The smallest absolute Gasteiger partial charge is 0.405 e. The molecule has 0 saturated carbocycles. The quantitative estimate of drug-likeness (QED) is 0.745. The van der Waals surface area contributed by atoms with Crippen LogP contribution in [0.4, 0.5) is 13.2 Å². The summed E-state index contributed by atoms with van der Waals surface area (Å²) in [6, 6.07) is 3.85. The van der Waals surface area contributed by atoms with Gasteiger partial charge in [-0.25, -0.2) is 0 Å². The van der Waals surface area contributed by atoms with E-state index in [0.29, 0.717) is 17.4 Å². The number of aldehydes is 1. The number of rotatable bonds is 3. The Hall–Kier alpha value is -1.52. The molecule has 16 heavy (non-hydrogen) atoms. The first-order valence-corrected chi connectivity index (χ1v) is 4.68. The van der Waals surface area contributed by atoms with Crippen molar-refractivity contribution in [1.29, 1.82) is 0 Å². The van der Waals surface area contributed by atoms with Gasteiger partial charge in [0.25, 0.3) is 0 Å². The van der Waals surface area contributed by atoms with Crippen LogP contribution in [0.1, 0.15) is 35.7 Å². The average Bonchev–Trinajstić information content (AvgIpc) is 2.15. The van der Waals surface area contributed by atoms with E-state index in [2.05, 4.69) is 4.74 Å². The first-order valence-electron chi connectivity index (χ1n) is 4.68. The SMILES string of the molecule is CC(C)c1cc(C=O)ccc1OC(F)(F)F. The van der Waals surface area contributed by atoms with E-state index in [0.717, 1.165) is 6.07 Å². The van der Waals surface area contributed by atoms with Crippen LogP contribution in [0.25, 0.3) is 0 Å². The lowest BCUT2D eigenvalue weighted by Crippen LogP contribution is -2.18. The third-order valence-corrected chi connectivity index (χ3v) is 2.02. The maximum absolute atomic E-state index is 12.1. The minimum absolute atomic E-state index is 0.155. The van der Waals surface area contributed by atoms with Gasteiger partial charge in [-0.1, -0.05) is 13.8 Å². The predicted octanol–water partition coefficient (Wildman–Crippen LogP) is 3.52. The predicted molar refractivity (Wildman–Crippen MR) is 52.6 cm³/mol. The zero-order valence-corrected chi connectivity index (χ0v) is 8.84. The monoisotopic (exact) mass is 232 g/mol. The second-order valence-corrected chi connectivity index (χ2v) is 3.62. The number of hydrogen-bond donors (Lipinski definition) is 0. The van der Waals surface area contributed by atoms with Crippen molar-refractivity contribution in [2.45, 2.75) is 26.1 Å². The summed E-state index contributed by atoms with van der Waals surface area (Å²) >= 11 is 0. The van der Waals surface area contributed by atoms with Gasteiger partial charge in [-0.3, -0.25) is 4.79 Å². The molecule has 5 heteroatoms. The van der Waals surface area contributed by atoms with Crippen molar-refractivity contribution in [2.24, 2.45) is 0 Å². The lowest BCUT2D eigenvalue weighted by molar-refractivity contribution is -0.274. The van der Waals surface area contributed by atoms with Gasteiger partial charge in [-0.05, 0) is 29.7 Å². The lowest BCUT2D eigenvalue weighted by Gasteiger charge is -2.15. The van der Waals surface area contributed by atoms with Gasteiger partial charge in [-0.2, -0.15) is 0 Å². The summed E-state index contributed by atoms with van der Waals surface area (Å²) in [6.07, 6.45) is -4.13. The molecule has 0 N–H and O–H groups in total. The first kappa shape index (κ1) is 12.5. The molecular formula is C11H11F3O2. The highest BCUT2D eigenvalue weighted by atomic mass is 19.4. The molecule has 0 unspecified atom stereocenters. The summed E-state index contributed by atoms with van der Waals surface area (Å²) in [5.41, 5.74) is 0.695. The van der Waals surface area contributed by atoms with Crippen LogP contribution in [0, 0.1) is 0 Å². The Labute approximate surface area is 91.0 Å². The number of alkyl halides is 3.